The van der Waals surface area contributed by atoms with Gasteiger partial charge in [0, 0.05) is 17.0 Å². The highest BCUT2D eigenvalue weighted by molar-refractivity contribution is 6.18. The van der Waals surface area contributed by atoms with Crippen molar-refractivity contribution in [3.63, 3.8) is 0 Å². The Labute approximate surface area is 89.3 Å². The molecule has 76 valence electrons. The zero-order chi connectivity index (χ0) is 10.6. The number of nitrogens with one attached hydrogen (secondary N) is 1. The van der Waals surface area contributed by atoms with E-state index in [0.29, 0.717) is 11.4 Å². The first-order chi connectivity index (χ1) is 6.55. The van der Waals surface area contributed by atoms with Crippen LogP contribution in [0.15, 0.2) is 30.3 Å². The van der Waals surface area contributed by atoms with Crippen molar-refractivity contribution in [3.05, 3.63) is 35.9 Å². The van der Waals surface area contributed by atoms with E-state index in [9.17, 15) is 4.79 Å². The van der Waals surface area contributed by atoms with Crippen molar-refractivity contribution < 1.29 is 4.79 Å². The zero-order valence-corrected chi connectivity index (χ0v) is 9.14. The minimum atomic E-state index is -0.367. The van der Waals surface area contributed by atoms with E-state index in [1.54, 1.807) is 12.1 Å². The Bertz CT molecular complexity index is 308. The summed E-state index contributed by atoms with van der Waals surface area (Å²) in [6.07, 6.45) is 0. The van der Waals surface area contributed by atoms with Gasteiger partial charge in [0.15, 0.2) is 0 Å². The maximum Gasteiger partial charge on any atom is 0.251 e. The van der Waals surface area contributed by atoms with Crippen LogP contribution in [0.3, 0.4) is 0 Å². The second-order valence-electron chi connectivity index (χ2n) is 3.84. The van der Waals surface area contributed by atoms with E-state index in [4.69, 9.17) is 11.6 Å². The minimum absolute atomic E-state index is 0.0868. The molecule has 0 unspecified atom stereocenters. The van der Waals surface area contributed by atoms with Crippen molar-refractivity contribution in [3.8, 4) is 0 Å². The van der Waals surface area contributed by atoms with Gasteiger partial charge in [-0.15, -0.1) is 11.6 Å². The Morgan fingerprint density at radius 1 is 1.36 bits per heavy atom. The van der Waals surface area contributed by atoms with E-state index in [0.717, 1.165) is 0 Å². The zero-order valence-electron chi connectivity index (χ0n) is 8.38. The van der Waals surface area contributed by atoms with Crippen molar-refractivity contribution >= 4 is 17.5 Å². The molecule has 0 saturated heterocycles. The first kappa shape index (κ1) is 11.1. The third-order valence-electron chi connectivity index (χ3n) is 1.82. The van der Waals surface area contributed by atoms with Gasteiger partial charge in [-0.2, -0.15) is 0 Å². The number of rotatable bonds is 3. The third-order valence-corrected chi connectivity index (χ3v) is 2.49. The summed E-state index contributed by atoms with van der Waals surface area (Å²) in [6, 6.07) is 9.11. The predicted molar refractivity (Wildman–Crippen MR) is 58.7 cm³/mol. The third kappa shape index (κ3) is 3.04. The molecular weight excluding hydrogens is 198 g/mol. The number of halogens is 1. The van der Waals surface area contributed by atoms with Crippen molar-refractivity contribution in [1.29, 1.82) is 0 Å². The van der Waals surface area contributed by atoms with Gasteiger partial charge in [0.2, 0.25) is 0 Å². The van der Waals surface area contributed by atoms with Crippen LogP contribution in [0, 0.1) is 0 Å². The largest absolute Gasteiger partial charge is 0.346 e. The summed E-state index contributed by atoms with van der Waals surface area (Å²) in [5, 5.41) is 2.85. The van der Waals surface area contributed by atoms with Gasteiger partial charge in [-0.1, -0.05) is 18.2 Å². The van der Waals surface area contributed by atoms with Crippen molar-refractivity contribution in [2.24, 2.45) is 0 Å². The van der Waals surface area contributed by atoms with E-state index < -0.39 is 0 Å². The highest BCUT2D eigenvalue weighted by Gasteiger charge is 2.19. The summed E-state index contributed by atoms with van der Waals surface area (Å²) in [5.41, 5.74) is 0.291. The lowest BCUT2D eigenvalue weighted by atomic mass is 10.1. The molecular formula is C11H14ClNO. The number of amides is 1. The average Bonchev–Trinajstić information content (AvgIpc) is 2.19. The number of hydrogen-bond donors (Lipinski definition) is 1. The fraction of sp³-hybridized carbons (Fsp3) is 0.364. The van der Waals surface area contributed by atoms with Crippen LogP contribution in [0.2, 0.25) is 0 Å². The van der Waals surface area contributed by atoms with Crippen LogP contribution in [0.4, 0.5) is 0 Å². The normalized spacial score (nSPS) is 11.1. The number of hydrogen-bond acceptors (Lipinski definition) is 1. The lowest BCUT2D eigenvalue weighted by Gasteiger charge is -2.23. The molecule has 0 fully saturated rings. The van der Waals surface area contributed by atoms with E-state index in [1.807, 2.05) is 32.0 Å². The van der Waals surface area contributed by atoms with Gasteiger partial charge in [0.25, 0.3) is 5.91 Å². The molecule has 0 bridgehead atoms. The van der Waals surface area contributed by atoms with Crippen LogP contribution in [0.5, 0.6) is 0 Å². The summed E-state index contributed by atoms with van der Waals surface area (Å²) >= 11 is 5.71. The molecule has 1 aromatic rings. The highest BCUT2D eigenvalue weighted by atomic mass is 35.5. The van der Waals surface area contributed by atoms with Crippen LogP contribution in [0.25, 0.3) is 0 Å². The first-order valence-electron chi connectivity index (χ1n) is 4.49. The summed E-state index contributed by atoms with van der Waals surface area (Å²) in [6.45, 7) is 3.78. The van der Waals surface area contributed by atoms with Crippen molar-refractivity contribution in [1.82, 2.24) is 5.32 Å². The summed E-state index contributed by atoms with van der Waals surface area (Å²) < 4.78 is 0. The molecule has 0 saturated carbocycles. The van der Waals surface area contributed by atoms with Gasteiger partial charge in [-0.25, -0.2) is 0 Å². The molecule has 0 aliphatic carbocycles. The Balaban J connectivity index is 2.69. The quantitative estimate of drug-likeness (QED) is 0.765. The van der Waals surface area contributed by atoms with Crippen LogP contribution in [-0.2, 0) is 0 Å². The molecule has 0 heterocycles. The summed E-state index contributed by atoms with van der Waals surface area (Å²) in [7, 11) is 0. The summed E-state index contributed by atoms with van der Waals surface area (Å²) in [4.78, 5) is 11.6. The second-order valence-corrected chi connectivity index (χ2v) is 4.10. The topological polar surface area (TPSA) is 29.1 Å². The lowest BCUT2D eigenvalue weighted by Crippen LogP contribution is -2.44. The molecule has 0 aromatic heterocycles. The SMILES string of the molecule is CC(C)(CCl)NC(=O)c1ccccc1. The number of carbonyl (C=O) groups is 1. The number of alkyl halides is 1. The van der Waals surface area contributed by atoms with E-state index >= 15 is 0 Å². The molecule has 2 nitrogen and oxygen atoms in total. The van der Waals surface area contributed by atoms with Gasteiger partial charge in [-0.3, -0.25) is 4.79 Å². The van der Waals surface area contributed by atoms with Gasteiger partial charge >= 0.3 is 0 Å². The number of benzene rings is 1. The maximum absolute atomic E-state index is 11.6. The fourth-order valence-electron chi connectivity index (χ4n) is 1.00. The van der Waals surface area contributed by atoms with E-state index in [2.05, 4.69) is 5.32 Å². The molecule has 0 spiro atoms. The lowest BCUT2D eigenvalue weighted by molar-refractivity contribution is 0.0920. The van der Waals surface area contributed by atoms with Gasteiger partial charge < -0.3 is 5.32 Å². The average molecular weight is 212 g/mol. The Hall–Kier alpha value is -1.02. The Morgan fingerprint density at radius 2 is 1.93 bits per heavy atom. The minimum Gasteiger partial charge on any atom is -0.346 e. The van der Waals surface area contributed by atoms with Gasteiger partial charge in [0.05, 0.1) is 0 Å². The monoisotopic (exact) mass is 211 g/mol. The molecule has 0 atom stereocenters. The highest BCUT2D eigenvalue weighted by Crippen LogP contribution is 2.07. The Kier molecular flexibility index (Phi) is 3.53. The van der Waals surface area contributed by atoms with Crippen molar-refractivity contribution in [2.45, 2.75) is 19.4 Å². The maximum atomic E-state index is 11.6. The van der Waals surface area contributed by atoms with Crippen LogP contribution >= 0.6 is 11.6 Å². The molecule has 1 aromatic carbocycles. The molecule has 1 N–H and O–H groups in total. The van der Waals surface area contributed by atoms with Crippen LogP contribution in [0.1, 0.15) is 24.2 Å². The standard InChI is InChI=1S/C11H14ClNO/c1-11(2,8-12)13-10(14)9-6-4-3-5-7-9/h3-7H,8H2,1-2H3,(H,13,14). The second kappa shape index (κ2) is 4.47. The summed E-state index contributed by atoms with van der Waals surface area (Å²) in [5.74, 6) is 0.308. The van der Waals surface area contributed by atoms with Crippen LogP contribution < -0.4 is 5.32 Å². The molecule has 14 heavy (non-hydrogen) atoms. The Morgan fingerprint density at radius 3 is 2.43 bits per heavy atom. The van der Waals surface area contributed by atoms with E-state index in [-0.39, 0.29) is 11.4 Å². The van der Waals surface area contributed by atoms with Gasteiger partial charge in [-0.05, 0) is 26.0 Å². The van der Waals surface area contributed by atoms with Crippen molar-refractivity contribution in [2.75, 3.05) is 5.88 Å². The van der Waals surface area contributed by atoms with Gasteiger partial charge in [0.1, 0.15) is 0 Å². The molecule has 1 amide bonds. The first-order valence-corrected chi connectivity index (χ1v) is 5.02. The molecule has 1 rings (SSSR count). The fourth-order valence-corrected chi connectivity index (χ4v) is 1.07. The van der Waals surface area contributed by atoms with Crippen LogP contribution in [-0.4, -0.2) is 17.3 Å². The van der Waals surface area contributed by atoms with E-state index in [1.165, 1.54) is 0 Å². The molecule has 0 aliphatic rings. The molecule has 0 radical (unpaired) electrons. The molecule has 0 aliphatic heterocycles. The molecule has 3 heteroatoms. The smallest absolute Gasteiger partial charge is 0.251 e. The number of carbonyl (C=O) groups excluding carboxylic acids is 1. The predicted octanol–water partition coefficient (Wildman–Crippen LogP) is 2.43.